The third-order valence-corrected chi connectivity index (χ3v) is 4.98. The Morgan fingerprint density at radius 3 is 2.30 bits per heavy atom. The zero-order valence-electron chi connectivity index (χ0n) is 15.4. The minimum atomic E-state index is -4.67. The minimum absolute atomic E-state index is 0.273. The van der Waals surface area contributed by atoms with Crippen LogP contribution in [0.4, 0.5) is 18.9 Å². The fraction of sp³-hybridized carbons (Fsp3) is 0.143. The molecule has 0 spiro atoms. The van der Waals surface area contributed by atoms with Gasteiger partial charge in [0.1, 0.15) is 0 Å². The Labute approximate surface area is 174 Å². The summed E-state index contributed by atoms with van der Waals surface area (Å²) in [7, 11) is 0. The lowest BCUT2D eigenvalue weighted by Gasteiger charge is -2.15. The van der Waals surface area contributed by atoms with Crippen LogP contribution < -0.4 is 10.6 Å². The smallest absolute Gasteiger partial charge is 0.387 e. The second-order valence-electron chi connectivity index (χ2n) is 6.36. The van der Waals surface area contributed by atoms with Crippen molar-refractivity contribution in [2.24, 2.45) is 0 Å². The Morgan fingerprint density at radius 1 is 0.967 bits per heavy atom. The highest BCUT2D eigenvalue weighted by Crippen LogP contribution is 2.34. The second-order valence-corrected chi connectivity index (χ2v) is 7.14. The summed E-state index contributed by atoms with van der Waals surface area (Å²) in [5.41, 5.74) is 0.966. The summed E-state index contributed by atoms with van der Waals surface area (Å²) >= 11 is 1.56. The van der Waals surface area contributed by atoms with Crippen LogP contribution in [0, 0.1) is 0 Å². The van der Waals surface area contributed by atoms with Crippen molar-refractivity contribution in [3.63, 3.8) is 0 Å². The van der Waals surface area contributed by atoms with Crippen molar-refractivity contribution in [2.45, 2.75) is 12.3 Å². The number of para-hydroxylation sites is 1. The molecule has 0 saturated heterocycles. The number of anilines is 1. The zero-order valence-corrected chi connectivity index (χ0v) is 16.3. The maximum Gasteiger partial charge on any atom is 0.418 e. The van der Waals surface area contributed by atoms with Gasteiger partial charge in [-0.2, -0.15) is 24.5 Å². The lowest BCUT2D eigenvalue weighted by Crippen LogP contribution is -2.38. The van der Waals surface area contributed by atoms with Crippen molar-refractivity contribution >= 4 is 28.8 Å². The molecule has 0 radical (unpaired) electrons. The first-order valence-corrected chi connectivity index (χ1v) is 9.76. The maximum atomic E-state index is 13.0. The van der Waals surface area contributed by atoms with Crippen molar-refractivity contribution in [3.8, 4) is 11.1 Å². The third-order valence-electron chi connectivity index (χ3n) is 4.29. The molecule has 0 bridgehead atoms. The van der Waals surface area contributed by atoms with E-state index in [0.29, 0.717) is 5.56 Å². The molecule has 0 unspecified atom stereocenters. The number of nitrogens with one attached hydrogen (secondary N) is 2. The van der Waals surface area contributed by atoms with E-state index in [0.717, 1.165) is 23.3 Å². The van der Waals surface area contributed by atoms with E-state index in [1.807, 2.05) is 34.3 Å². The lowest BCUT2D eigenvalue weighted by atomic mass is 10.0. The number of aliphatic hydroxyl groups is 1. The molecular formula is C21H17F3N2O3S. The molecule has 0 fully saturated rings. The number of halogens is 3. The summed E-state index contributed by atoms with van der Waals surface area (Å²) in [4.78, 5) is 23.9. The van der Waals surface area contributed by atoms with Crippen LogP contribution in [-0.4, -0.2) is 23.5 Å². The monoisotopic (exact) mass is 434 g/mol. The third kappa shape index (κ3) is 5.25. The zero-order chi connectivity index (χ0) is 21.7. The van der Waals surface area contributed by atoms with Gasteiger partial charge in [-0.3, -0.25) is 9.59 Å². The maximum absolute atomic E-state index is 13.0. The molecule has 3 N–H and O–H groups in total. The van der Waals surface area contributed by atoms with Crippen molar-refractivity contribution in [1.29, 1.82) is 0 Å². The number of rotatable bonds is 5. The summed E-state index contributed by atoms with van der Waals surface area (Å²) in [6.07, 6.45) is -5.76. The van der Waals surface area contributed by atoms with Crippen molar-refractivity contribution < 1.29 is 27.9 Å². The largest absolute Gasteiger partial charge is 0.418 e. The van der Waals surface area contributed by atoms with Gasteiger partial charge >= 0.3 is 18.0 Å². The Bertz CT molecular complexity index is 1020. The van der Waals surface area contributed by atoms with E-state index >= 15 is 0 Å². The van der Waals surface area contributed by atoms with Gasteiger partial charge in [0.25, 0.3) is 0 Å². The van der Waals surface area contributed by atoms with Gasteiger partial charge in [-0.25, -0.2) is 0 Å². The van der Waals surface area contributed by atoms with Gasteiger partial charge < -0.3 is 15.7 Å². The van der Waals surface area contributed by atoms with Crippen LogP contribution in [0.1, 0.15) is 17.2 Å². The number of thiophene rings is 1. The predicted octanol–water partition coefficient (Wildman–Crippen LogP) is 4.22. The standard InChI is InChI=1S/C21H17F3N2O3S/c22-21(23,24)16-3-1-2-4-17(16)26-20(29)19(28)25-11-18(27)14-7-5-13(6-8-14)15-9-10-30-12-15/h1-10,12,18,27H,11H2,(H,25,28)(H,26,29)/t18-/m1/s1. The summed E-state index contributed by atoms with van der Waals surface area (Å²) < 4.78 is 38.9. The Balaban J connectivity index is 1.57. The van der Waals surface area contributed by atoms with E-state index in [4.69, 9.17) is 0 Å². The molecule has 0 saturated carbocycles. The lowest BCUT2D eigenvalue weighted by molar-refractivity contribution is -0.138. The first-order chi connectivity index (χ1) is 14.3. The molecular weight excluding hydrogens is 417 g/mol. The molecule has 3 aromatic rings. The normalized spacial score (nSPS) is 12.3. The van der Waals surface area contributed by atoms with Crippen molar-refractivity contribution in [3.05, 3.63) is 76.5 Å². The number of alkyl halides is 3. The number of hydrogen-bond acceptors (Lipinski definition) is 4. The highest BCUT2D eigenvalue weighted by molar-refractivity contribution is 7.08. The molecule has 1 atom stereocenters. The summed E-state index contributed by atoms with van der Waals surface area (Å²) in [6.45, 7) is -0.273. The number of aliphatic hydroxyl groups excluding tert-OH is 1. The van der Waals surface area contributed by atoms with E-state index in [1.54, 1.807) is 23.5 Å². The van der Waals surface area contributed by atoms with Gasteiger partial charge in [0.15, 0.2) is 0 Å². The van der Waals surface area contributed by atoms with Crippen LogP contribution in [0.3, 0.4) is 0 Å². The number of carbonyl (C=O) groups is 2. The molecule has 3 rings (SSSR count). The van der Waals surface area contributed by atoms with E-state index in [2.05, 4.69) is 5.32 Å². The fourth-order valence-electron chi connectivity index (χ4n) is 2.73. The fourth-order valence-corrected chi connectivity index (χ4v) is 3.40. The first kappa shape index (κ1) is 21.5. The molecule has 9 heteroatoms. The number of amides is 2. The van der Waals surface area contributed by atoms with Gasteiger partial charge in [-0.15, -0.1) is 0 Å². The van der Waals surface area contributed by atoms with E-state index in [-0.39, 0.29) is 6.54 Å². The van der Waals surface area contributed by atoms with E-state index in [9.17, 15) is 27.9 Å². The second kappa shape index (κ2) is 9.10. The Morgan fingerprint density at radius 2 is 1.67 bits per heavy atom. The van der Waals surface area contributed by atoms with Crippen LogP contribution in [0.25, 0.3) is 11.1 Å². The molecule has 156 valence electrons. The summed E-state index contributed by atoms with van der Waals surface area (Å²) in [5, 5.41) is 18.3. The van der Waals surface area contributed by atoms with Crippen LogP contribution in [0.2, 0.25) is 0 Å². The van der Waals surface area contributed by atoms with Gasteiger partial charge in [0.05, 0.1) is 17.4 Å². The molecule has 0 aliphatic rings. The van der Waals surface area contributed by atoms with E-state index in [1.165, 1.54) is 12.1 Å². The van der Waals surface area contributed by atoms with Gasteiger partial charge in [0.2, 0.25) is 0 Å². The average Bonchev–Trinajstić information content (AvgIpc) is 3.26. The Hall–Kier alpha value is -3.17. The molecule has 1 heterocycles. The quantitative estimate of drug-likeness (QED) is 0.526. The van der Waals surface area contributed by atoms with Gasteiger partial charge in [-0.1, -0.05) is 36.4 Å². The minimum Gasteiger partial charge on any atom is -0.387 e. The Kier molecular flexibility index (Phi) is 6.53. The predicted molar refractivity (Wildman–Crippen MR) is 108 cm³/mol. The molecule has 1 aromatic heterocycles. The molecule has 2 aromatic carbocycles. The van der Waals surface area contributed by atoms with Crippen molar-refractivity contribution in [2.75, 3.05) is 11.9 Å². The number of benzene rings is 2. The number of carbonyl (C=O) groups excluding carboxylic acids is 2. The molecule has 0 aliphatic carbocycles. The summed E-state index contributed by atoms with van der Waals surface area (Å²) in [5.74, 6) is -2.41. The average molecular weight is 434 g/mol. The van der Waals surface area contributed by atoms with Crippen LogP contribution in [0.5, 0.6) is 0 Å². The van der Waals surface area contributed by atoms with Crippen molar-refractivity contribution in [1.82, 2.24) is 5.32 Å². The van der Waals surface area contributed by atoms with Crippen LogP contribution in [0.15, 0.2) is 65.4 Å². The molecule has 0 aliphatic heterocycles. The van der Waals surface area contributed by atoms with Crippen LogP contribution in [-0.2, 0) is 15.8 Å². The topological polar surface area (TPSA) is 78.4 Å². The highest BCUT2D eigenvalue weighted by Gasteiger charge is 2.34. The molecule has 2 amide bonds. The molecule has 5 nitrogen and oxygen atoms in total. The van der Waals surface area contributed by atoms with Gasteiger partial charge in [0, 0.05) is 6.54 Å². The first-order valence-electron chi connectivity index (χ1n) is 8.81. The molecule has 30 heavy (non-hydrogen) atoms. The highest BCUT2D eigenvalue weighted by atomic mass is 32.1. The SMILES string of the molecule is O=C(NC[C@@H](O)c1ccc(-c2ccsc2)cc1)C(=O)Nc1ccccc1C(F)(F)F. The number of hydrogen-bond donors (Lipinski definition) is 3. The summed E-state index contributed by atoms with van der Waals surface area (Å²) in [6, 6.07) is 13.4. The van der Waals surface area contributed by atoms with Crippen LogP contribution >= 0.6 is 11.3 Å². The van der Waals surface area contributed by atoms with Gasteiger partial charge in [-0.05, 0) is 45.6 Å². The van der Waals surface area contributed by atoms with E-state index < -0.39 is 35.3 Å².